The standard InChI is InChI=1S/C26H38FN5O2S/c1-6-20-22-21(16-28-24(20)35(2,3,4)5)23(31-10-8-13-33-14-12-31)30-25(29-22)34-18-26-9-7-11-32(26)17-19(27)15-26/h6,16,19H,1-2,7-15,17-18H2,3-5H3/t19-,26+/m1/s1. The molecule has 0 aliphatic carbocycles. The first kappa shape index (κ1) is 24.6. The van der Waals surface area contributed by atoms with E-state index < -0.39 is 14.9 Å². The third-order valence-electron chi connectivity index (χ3n) is 7.37. The van der Waals surface area contributed by atoms with Gasteiger partial charge in [0, 0.05) is 44.4 Å². The molecule has 7 nitrogen and oxygen atoms in total. The Morgan fingerprint density at radius 3 is 2.83 bits per heavy atom. The lowest BCUT2D eigenvalue weighted by Gasteiger charge is -2.36. The third kappa shape index (κ3) is 4.70. The Labute approximate surface area is 207 Å². The minimum Gasteiger partial charge on any atom is -0.461 e. The maximum atomic E-state index is 14.3. The molecule has 0 bridgehead atoms. The second-order valence-electron chi connectivity index (χ2n) is 11.4. The molecule has 0 spiro atoms. The van der Waals surface area contributed by atoms with Gasteiger partial charge in [0.2, 0.25) is 0 Å². The van der Waals surface area contributed by atoms with Crippen molar-refractivity contribution < 1.29 is 13.9 Å². The summed E-state index contributed by atoms with van der Waals surface area (Å²) in [4.78, 5) is 19.1. The number of alkyl halides is 1. The number of rotatable bonds is 6. The summed E-state index contributed by atoms with van der Waals surface area (Å²) >= 11 is 0. The van der Waals surface area contributed by atoms with Crippen molar-refractivity contribution >= 4 is 37.4 Å². The van der Waals surface area contributed by atoms with Gasteiger partial charge in [0.1, 0.15) is 18.6 Å². The number of aromatic nitrogens is 3. The van der Waals surface area contributed by atoms with Crippen LogP contribution in [0.4, 0.5) is 10.2 Å². The smallest absolute Gasteiger partial charge is 0.319 e. The Morgan fingerprint density at radius 2 is 2.06 bits per heavy atom. The highest BCUT2D eigenvalue weighted by atomic mass is 32.3. The largest absolute Gasteiger partial charge is 0.461 e. The summed E-state index contributed by atoms with van der Waals surface area (Å²) in [5.74, 6) is 5.33. The predicted octanol–water partition coefficient (Wildman–Crippen LogP) is 3.87. The number of ether oxygens (including phenoxy) is 2. The molecule has 35 heavy (non-hydrogen) atoms. The number of nitrogens with zero attached hydrogens (tertiary/aromatic N) is 5. The molecule has 3 saturated heterocycles. The number of pyridine rings is 1. The van der Waals surface area contributed by atoms with Gasteiger partial charge in [0.05, 0.1) is 28.1 Å². The summed E-state index contributed by atoms with van der Waals surface area (Å²) in [6.45, 7) is 8.87. The molecule has 3 aliphatic rings. The lowest BCUT2D eigenvalue weighted by Crippen LogP contribution is -2.43. The Kier molecular flexibility index (Phi) is 6.17. The molecule has 192 valence electrons. The zero-order valence-corrected chi connectivity index (χ0v) is 22.1. The van der Waals surface area contributed by atoms with Crippen LogP contribution in [-0.4, -0.2) is 102 Å². The van der Waals surface area contributed by atoms with Gasteiger partial charge in [-0.2, -0.15) is 9.97 Å². The Balaban J connectivity index is 1.60. The molecule has 3 fully saturated rings. The lowest BCUT2D eigenvalue weighted by molar-refractivity contribution is 0.107. The van der Waals surface area contributed by atoms with Gasteiger partial charge in [0.15, 0.2) is 0 Å². The van der Waals surface area contributed by atoms with Crippen LogP contribution in [0.5, 0.6) is 6.01 Å². The van der Waals surface area contributed by atoms with Crippen molar-refractivity contribution in [3.8, 4) is 6.01 Å². The summed E-state index contributed by atoms with van der Waals surface area (Å²) in [6.07, 6.45) is 12.8. The zero-order valence-electron chi connectivity index (χ0n) is 21.3. The number of fused-ring (bicyclic) bond motifs is 2. The summed E-state index contributed by atoms with van der Waals surface area (Å²) in [7, 11) is -2.19. The van der Waals surface area contributed by atoms with E-state index in [0.29, 0.717) is 32.2 Å². The first-order valence-electron chi connectivity index (χ1n) is 12.5. The fraction of sp³-hybridized carbons (Fsp3) is 0.615. The maximum Gasteiger partial charge on any atom is 0.319 e. The van der Waals surface area contributed by atoms with Crippen LogP contribution in [0.15, 0.2) is 17.8 Å². The van der Waals surface area contributed by atoms with Gasteiger partial charge in [-0.05, 0) is 44.6 Å². The van der Waals surface area contributed by atoms with E-state index >= 15 is 0 Å². The summed E-state index contributed by atoms with van der Waals surface area (Å²) in [6, 6.07) is 0.325. The highest BCUT2D eigenvalue weighted by Crippen LogP contribution is 2.55. The molecule has 0 radical (unpaired) electrons. The fourth-order valence-electron chi connectivity index (χ4n) is 5.75. The first-order chi connectivity index (χ1) is 16.6. The van der Waals surface area contributed by atoms with Crippen molar-refractivity contribution in [1.82, 2.24) is 19.9 Å². The Bertz CT molecular complexity index is 1190. The van der Waals surface area contributed by atoms with Gasteiger partial charge in [-0.15, -0.1) is 0 Å². The van der Waals surface area contributed by atoms with E-state index in [2.05, 4.69) is 41.0 Å². The van der Waals surface area contributed by atoms with Crippen molar-refractivity contribution in [3.63, 3.8) is 0 Å². The van der Waals surface area contributed by atoms with E-state index in [1.807, 2.05) is 12.3 Å². The normalized spacial score (nSPS) is 26.8. The van der Waals surface area contributed by atoms with E-state index in [9.17, 15) is 4.39 Å². The minimum atomic E-state index is -2.19. The quantitative estimate of drug-likeness (QED) is 0.555. The van der Waals surface area contributed by atoms with Crippen LogP contribution in [0.25, 0.3) is 17.0 Å². The molecule has 0 unspecified atom stereocenters. The molecule has 2 aromatic heterocycles. The molecular formula is C26H38FN5O2S. The van der Waals surface area contributed by atoms with Crippen LogP contribution in [0, 0.1) is 0 Å². The van der Waals surface area contributed by atoms with Crippen molar-refractivity contribution in [2.75, 3.05) is 69.7 Å². The molecule has 0 aromatic carbocycles. The molecule has 2 atom stereocenters. The third-order valence-corrected chi connectivity index (χ3v) is 9.13. The monoisotopic (exact) mass is 503 g/mol. The van der Waals surface area contributed by atoms with Crippen molar-refractivity contribution in [3.05, 3.63) is 18.3 Å². The van der Waals surface area contributed by atoms with Gasteiger partial charge in [-0.1, -0.05) is 18.5 Å². The highest BCUT2D eigenvalue weighted by Gasteiger charge is 2.49. The summed E-state index contributed by atoms with van der Waals surface area (Å²) < 4.78 is 26.3. The average molecular weight is 504 g/mol. The average Bonchev–Trinajstić information content (AvgIpc) is 3.17. The van der Waals surface area contributed by atoms with Crippen LogP contribution in [0.2, 0.25) is 0 Å². The van der Waals surface area contributed by atoms with Gasteiger partial charge >= 0.3 is 6.01 Å². The summed E-state index contributed by atoms with van der Waals surface area (Å²) in [5, 5.41) is 1.80. The van der Waals surface area contributed by atoms with Crippen molar-refractivity contribution in [2.24, 2.45) is 0 Å². The molecule has 0 saturated carbocycles. The maximum absolute atomic E-state index is 14.3. The van der Waals surface area contributed by atoms with Crippen LogP contribution in [0.3, 0.4) is 0 Å². The van der Waals surface area contributed by atoms with E-state index in [4.69, 9.17) is 24.4 Å². The van der Waals surface area contributed by atoms with Gasteiger partial charge in [0.25, 0.3) is 0 Å². The van der Waals surface area contributed by atoms with E-state index in [1.165, 1.54) is 0 Å². The Morgan fingerprint density at radius 1 is 1.23 bits per heavy atom. The molecule has 0 amide bonds. The van der Waals surface area contributed by atoms with Gasteiger partial charge in [-0.25, -0.2) is 13.1 Å². The first-order valence-corrected chi connectivity index (χ1v) is 15.9. The molecule has 2 aromatic rings. The zero-order chi connectivity index (χ0) is 24.9. The van der Waals surface area contributed by atoms with E-state index in [-0.39, 0.29) is 5.54 Å². The minimum absolute atomic E-state index is 0.257. The van der Waals surface area contributed by atoms with Gasteiger partial charge < -0.3 is 14.4 Å². The molecule has 3 aliphatic heterocycles. The molecule has 0 N–H and O–H groups in total. The van der Waals surface area contributed by atoms with Crippen LogP contribution < -0.4 is 9.64 Å². The lowest BCUT2D eigenvalue weighted by atomic mass is 9.95. The van der Waals surface area contributed by atoms with Crippen molar-refractivity contribution in [2.45, 2.75) is 42.4 Å². The number of hydrogen-bond acceptors (Lipinski definition) is 7. The number of anilines is 1. The predicted molar refractivity (Wildman–Crippen MR) is 144 cm³/mol. The van der Waals surface area contributed by atoms with E-state index in [0.717, 1.165) is 72.8 Å². The molecular weight excluding hydrogens is 465 g/mol. The SMILES string of the molecule is C=Cc1c(S(=C)(C)(C)C)ncc2c(N3CCCOCC3)nc(OC[C@@]34CCCN3C[C@H](F)C4)nc12. The highest BCUT2D eigenvalue weighted by molar-refractivity contribution is 8.45. The second kappa shape index (κ2) is 8.78. The second-order valence-corrected chi connectivity index (χ2v) is 17.5. The molecule has 9 heteroatoms. The molecule has 5 heterocycles. The number of halogens is 1. The fourth-order valence-corrected chi connectivity index (χ4v) is 7.19. The van der Waals surface area contributed by atoms with Crippen LogP contribution in [0.1, 0.15) is 31.2 Å². The van der Waals surface area contributed by atoms with Gasteiger partial charge in [-0.3, -0.25) is 9.88 Å². The van der Waals surface area contributed by atoms with Crippen LogP contribution in [-0.2, 0) is 4.74 Å². The topological polar surface area (TPSA) is 63.6 Å². The van der Waals surface area contributed by atoms with E-state index in [1.54, 1.807) is 0 Å². The van der Waals surface area contributed by atoms with Crippen molar-refractivity contribution in [1.29, 1.82) is 0 Å². The Hall–Kier alpha value is -2.10. The summed E-state index contributed by atoms with van der Waals surface area (Å²) in [5.41, 5.74) is 1.41. The number of hydrogen-bond donors (Lipinski definition) is 0. The van der Waals surface area contributed by atoms with Crippen LogP contribution >= 0.6 is 8.75 Å². The molecule has 5 rings (SSSR count).